The zero-order valence-electron chi connectivity index (χ0n) is 15.3. The number of benzene rings is 2. The van der Waals surface area contributed by atoms with Gasteiger partial charge < -0.3 is 34.5 Å². The van der Waals surface area contributed by atoms with Crippen LogP contribution in [-0.2, 0) is 9.53 Å². The largest absolute Gasteiger partial charge is 0.462 e. The van der Waals surface area contributed by atoms with Crippen molar-refractivity contribution in [3.05, 3.63) is 40.1 Å². The van der Waals surface area contributed by atoms with Crippen molar-refractivity contribution in [2.24, 2.45) is 0 Å². The lowest BCUT2D eigenvalue weighted by atomic mass is 9.97. The Morgan fingerprint density at radius 2 is 1.97 bits per heavy atom. The smallest absolute Gasteiger partial charge is 0.396 e. The molecule has 0 unspecified atom stereocenters. The average molecular weight is 421 g/mol. The molecule has 2 aromatic carbocycles. The van der Waals surface area contributed by atoms with E-state index >= 15 is 0 Å². The summed E-state index contributed by atoms with van der Waals surface area (Å²) >= 11 is 0.918. The van der Waals surface area contributed by atoms with Crippen molar-refractivity contribution in [1.29, 1.82) is 0 Å². The normalized spacial score (nSPS) is 27.2. The van der Waals surface area contributed by atoms with Crippen LogP contribution in [0.2, 0.25) is 0 Å². The summed E-state index contributed by atoms with van der Waals surface area (Å²) in [5.41, 5.74) is 0.439. The van der Waals surface area contributed by atoms with Crippen molar-refractivity contribution in [1.82, 2.24) is 5.32 Å². The van der Waals surface area contributed by atoms with Gasteiger partial charge in [0.1, 0.15) is 30.1 Å². The number of nitrogens with one attached hydrogen (secondary N) is 1. The van der Waals surface area contributed by atoms with E-state index in [2.05, 4.69) is 5.32 Å². The highest BCUT2D eigenvalue weighted by molar-refractivity contribution is 7.16. The lowest BCUT2D eigenvalue weighted by molar-refractivity contribution is -0.244. The third-order valence-corrected chi connectivity index (χ3v) is 5.57. The number of carbonyl (C=O) groups is 1. The van der Waals surface area contributed by atoms with E-state index < -0.39 is 48.1 Å². The molecule has 1 aromatic heterocycles. The molecule has 1 aliphatic heterocycles. The van der Waals surface area contributed by atoms with Gasteiger partial charge in [-0.05, 0) is 0 Å². The minimum absolute atomic E-state index is 0.339. The molecule has 0 radical (unpaired) electrons. The monoisotopic (exact) mass is 421 g/mol. The number of hydrogen-bond donors (Lipinski definition) is 4. The van der Waals surface area contributed by atoms with E-state index in [9.17, 15) is 24.9 Å². The predicted octanol–water partition coefficient (Wildman–Crippen LogP) is 0.330. The van der Waals surface area contributed by atoms with Gasteiger partial charge in [-0.25, -0.2) is 4.79 Å². The first-order valence-electron chi connectivity index (χ1n) is 8.90. The summed E-state index contributed by atoms with van der Waals surface area (Å²) in [6.45, 7) is 0.715. The fourth-order valence-corrected chi connectivity index (χ4v) is 4.17. The summed E-state index contributed by atoms with van der Waals surface area (Å²) in [7, 11) is 0. The lowest BCUT2D eigenvalue weighted by Gasteiger charge is -2.42. The van der Waals surface area contributed by atoms with E-state index in [1.54, 1.807) is 30.3 Å². The standard InChI is InChI=1S/C19H19NO8S/c1-8(22)20-14-16(24)15(23)12(7-21)27-18(14)26-11-6-13-17(28-19(25)29-13)10-5-3-2-4-9(10)11/h2-6,12,14-16,18,21,23-24H,7H2,1H3,(H,20,22)/t12-,14+,15+,16+,18-/m0/s1. The third kappa shape index (κ3) is 3.61. The van der Waals surface area contributed by atoms with Crippen molar-refractivity contribution in [2.45, 2.75) is 37.6 Å². The number of aliphatic hydroxyl groups excluding tert-OH is 3. The summed E-state index contributed by atoms with van der Waals surface area (Å²) in [6.07, 6.45) is -5.12. The minimum Gasteiger partial charge on any atom is -0.462 e. The van der Waals surface area contributed by atoms with Crippen molar-refractivity contribution < 1.29 is 34.0 Å². The lowest BCUT2D eigenvalue weighted by Crippen LogP contribution is -2.65. The Kier molecular flexibility index (Phi) is 5.28. The highest BCUT2D eigenvalue weighted by Crippen LogP contribution is 2.36. The summed E-state index contributed by atoms with van der Waals surface area (Å²) in [4.78, 5) is 22.9. The predicted molar refractivity (Wildman–Crippen MR) is 104 cm³/mol. The topological polar surface area (TPSA) is 138 Å². The molecule has 2 heterocycles. The SMILES string of the molecule is CC(=O)N[C@H]1[C@@H](Oc2cc3sc(=O)oc3c3ccccc23)O[C@@H](CO)[C@@H](O)[C@@H]1O. The second-order valence-electron chi connectivity index (χ2n) is 6.75. The Balaban J connectivity index is 1.78. The summed E-state index contributed by atoms with van der Waals surface area (Å²) in [5.74, 6) is -0.111. The molecule has 1 amide bonds. The van der Waals surface area contributed by atoms with Gasteiger partial charge in [0.05, 0.1) is 11.3 Å². The van der Waals surface area contributed by atoms with Crippen LogP contribution in [0.25, 0.3) is 21.1 Å². The molecule has 0 saturated carbocycles. The fraction of sp³-hybridized carbons (Fsp3) is 0.368. The molecule has 4 rings (SSSR count). The Hall–Kier alpha value is -2.50. The van der Waals surface area contributed by atoms with Gasteiger partial charge in [0.15, 0.2) is 5.58 Å². The number of amides is 1. The van der Waals surface area contributed by atoms with Gasteiger partial charge in [-0.15, -0.1) is 0 Å². The van der Waals surface area contributed by atoms with Gasteiger partial charge in [-0.1, -0.05) is 35.6 Å². The molecule has 1 fully saturated rings. The molecule has 0 spiro atoms. The van der Waals surface area contributed by atoms with E-state index in [1.807, 2.05) is 0 Å². The highest BCUT2D eigenvalue weighted by Gasteiger charge is 2.46. The van der Waals surface area contributed by atoms with Crippen molar-refractivity contribution >= 4 is 38.3 Å². The number of aliphatic hydroxyl groups is 3. The second-order valence-corrected chi connectivity index (χ2v) is 7.73. The van der Waals surface area contributed by atoms with Gasteiger partial charge >= 0.3 is 4.94 Å². The Bertz CT molecular complexity index is 1110. The number of rotatable bonds is 4. The molecule has 3 aromatic rings. The van der Waals surface area contributed by atoms with Crippen LogP contribution in [0.3, 0.4) is 0 Å². The molecule has 1 saturated heterocycles. The van der Waals surface area contributed by atoms with E-state index in [-0.39, 0.29) is 0 Å². The van der Waals surface area contributed by atoms with Crippen LogP contribution < -0.4 is 15.0 Å². The zero-order valence-corrected chi connectivity index (χ0v) is 16.1. The van der Waals surface area contributed by atoms with E-state index in [0.717, 1.165) is 11.3 Å². The Morgan fingerprint density at radius 3 is 2.66 bits per heavy atom. The van der Waals surface area contributed by atoms with Gasteiger partial charge in [0, 0.05) is 23.8 Å². The molecular formula is C19H19NO8S. The maximum absolute atomic E-state index is 11.7. The van der Waals surface area contributed by atoms with E-state index in [0.29, 0.717) is 26.8 Å². The fourth-order valence-electron chi connectivity index (χ4n) is 3.46. The zero-order chi connectivity index (χ0) is 20.7. The number of carbonyl (C=O) groups excluding carboxylic acids is 1. The number of ether oxygens (including phenoxy) is 2. The Morgan fingerprint density at radius 1 is 1.24 bits per heavy atom. The van der Waals surface area contributed by atoms with Crippen molar-refractivity contribution in [2.75, 3.05) is 6.61 Å². The van der Waals surface area contributed by atoms with Crippen molar-refractivity contribution in [3.63, 3.8) is 0 Å². The first-order chi connectivity index (χ1) is 13.9. The highest BCUT2D eigenvalue weighted by atomic mass is 32.1. The van der Waals surface area contributed by atoms with E-state index in [1.165, 1.54) is 6.92 Å². The van der Waals surface area contributed by atoms with Gasteiger partial charge in [0.2, 0.25) is 12.2 Å². The van der Waals surface area contributed by atoms with E-state index in [4.69, 9.17) is 13.9 Å². The van der Waals surface area contributed by atoms with Crippen LogP contribution in [0.15, 0.2) is 39.5 Å². The van der Waals surface area contributed by atoms with Gasteiger partial charge in [-0.3, -0.25) is 4.79 Å². The molecule has 154 valence electrons. The number of hydrogen-bond acceptors (Lipinski definition) is 9. The molecule has 9 nitrogen and oxygen atoms in total. The molecule has 4 N–H and O–H groups in total. The van der Waals surface area contributed by atoms with Crippen LogP contribution in [0.1, 0.15) is 6.92 Å². The Labute approximate surface area is 168 Å². The molecular weight excluding hydrogens is 402 g/mol. The van der Waals surface area contributed by atoms with Gasteiger partial charge in [-0.2, -0.15) is 0 Å². The third-order valence-electron chi connectivity index (χ3n) is 4.80. The first-order valence-corrected chi connectivity index (χ1v) is 9.72. The van der Waals surface area contributed by atoms with Crippen LogP contribution >= 0.6 is 11.3 Å². The molecule has 1 aliphatic rings. The van der Waals surface area contributed by atoms with Crippen LogP contribution in [0, 0.1) is 0 Å². The quantitative estimate of drug-likeness (QED) is 0.473. The van der Waals surface area contributed by atoms with Crippen molar-refractivity contribution in [3.8, 4) is 5.75 Å². The first kappa shape index (κ1) is 19.8. The second kappa shape index (κ2) is 7.73. The van der Waals surface area contributed by atoms with Gasteiger partial charge in [0.25, 0.3) is 0 Å². The van der Waals surface area contributed by atoms with Crippen LogP contribution in [-0.4, -0.2) is 58.5 Å². The molecule has 29 heavy (non-hydrogen) atoms. The summed E-state index contributed by atoms with van der Waals surface area (Å²) < 4.78 is 17.5. The molecule has 10 heteroatoms. The molecule has 0 bridgehead atoms. The maximum Gasteiger partial charge on any atom is 0.396 e. The number of fused-ring (bicyclic) bond motifs is 3. The maximum atomic E-state index is 11.7. The summed E-state index contributed by atoms with van der Waals surface area (Å²) in [5, 5.41) is 33.8. The molecule has 5 atom stereocenters. The molecule has 0 aliphatic carbocycles. The minimum atomic E-state index is -1.42. The van der Waals surface area contributed by atoms with Crippen LogP contribution in [0.4, 0.5) is 0 Å². The average Bonchev–Trinajstić information content (AvgIpc) is 3.07. The summed E-state index contributed by atoms with van der Waals surface area (Å²) in [6, 6.07) is 7.67. The van der Waals surface area contributed by atoms with Crippen LogP contribution in [0.5, 0.6) is 5.75 Å².